The summed E-state index contributed by atoms with van der Waals surface area (Å²) in [5.41, 5.74) is 13.9. The number of nitrogen functional groups attached to an aromatic ring is 1. The van der Waals surface area contributed by atoms with Crippen LogP contribution in [0.25, 0.3) is 16.7 Å². The van der Waals surface area contributed by atoms with Crippen molar-refractivity contribution in [3.63, 3.8) is 0 Å². The van der Waals surface area contributed by atoms with Crippen molar-refractivity contribution in [1.82, 2.24) is 14.5 Å². The molecule has 2 heterocycles. The molecular weight excluding hydrogens is 332 g/mol. The van der Waals surface area contributed by atoms with Gasteiger partial charge in [-0.25, -0.2) is 9.97 Å². The zero-order valence-corrected chi connectivity index (χ0v) is 16.0. The van der Waals surface area contributed by atoms with E-state index >= 15 is 0 Å². The van der Waals surface area contributed by atoms with Crippen LogP contribution in [0.15, 0.2) is 30.7 Å². The summed E-state index contributed by atoms with van der Waals surface area (Å²) < 4.78 is 2.19. The molecule has 3 aromatic rings. The van der Waals surface area contributed by atoms with Crippen LogP contribution in [0, 0.1) is 6.92 Å². The number of anilines is 1. The maximum atomic E-state index is 6.06. The Balaban J connectivity index is 1.58. The molecule has 3 aliphatic carbocycles. The van der Waals surface area contributed by atoms with Crippen molar-refractivity contribution in [2.75, 3.05) is 5.73 Å². The number of nitrogens with two attached hydrogens (primary N) is 1. The molecule has 27 heavy (non-hydrogen) atoms. The number of hydrogen-bond donors (Lipinski definition) is 1. The predicted molar refractivity (Wildman–Crippen MR) is 108 cm³/mol. The molecule has 3 aliphatic rings. The second kappa shape index (κ2) is 5.12. The van der Waals surface area contributed by atoms with E-state index in [2.05, 4.69) is 39.8 Å². The summed E-state index contributed by atoms with van der Waals surface area (Å²) >= 11 is 0. The lowest BCUT2D eigenvalue weighted by atomic mass is 9.69. The summed E-state index contributed by atoms with van der Waals surface area (Å²) in [5, 5.41) is 0.932. The smallest absolute Gasteiger partial charge is 0.150 e. The standard InChI is InChI=1S/C23H26N4/c1-15-11-16(27-10-5-17-20(24)25-14-26-21(17)27)12-18-19(15)23(8-9-23)13-22(18)6-3-2-4-7-22/h5,10-12,14H,2-4,6-9,13H2,1H3,(H2,24,25,26). The topological polar surface area (TPSA) is 56.7 Å². The second-order valence-electron chi connectivity index (χ2n) is 9.17. The van der Waals surface area contributed by atoms with Crippen LogP contribution in [0.5, 0.6) is 0 Å². The van der Waals surface area contributed by atoms with Crippen molar-refractivity contribution in [2.24, 2.45) is 0 Å². The molecular formula is C23H26N4. The van der Waals surface area contributed by atoms with E-state index in [-0.39, 0.29) is 0 Å². The summed E-state index contributed by atoms with van der Waals surface area (Å²) in [6, 6.07) is 6.88. The summed E-state index contributed by atoms with van der Waals surface area (Å²) in [4.78, 5) is 8.66. The number of fused-ring (bicyclic) bond motifs is 4. The number of hydrogen-bond acceptors (Lipinski definition) is 3. The van der Waals surface area contributed by atoms with Crippen LogP contribution in [0.4, 0.5) is 5.82 Å². The van der Waals surface area contributed by atoms with Crippen molar-refractivity contribution in [1.29, 1.82) is 0 Å². The van der Waals surface area contributed by atoms with Crippen LogP contribution in [0.3, 0.4) is 0 Å². The molecule has 4 nitrogen and oxygen atoms in total. The monoisotopic (exact) mass is 358 g/mol. The molecule has 0 amide bonds. The molecule has 0 bridgehead atoms. The van der Waals surface area contributed by atoms with Crippen LogP contribution < -0.4 is 5.73 Å². The fourth-order valence-electron chi connectivity index (χ4n) is 6.29. The molecule has 0 atom stereocenters. The Kier molecular flexibility index (Phi) is 2.97. The van der Waals surface area contributed by atoms with Gasteiger partial charge in [-0.1, -0.05) is 19.3 Å². The average Bonchev–Trinajstić information content (AvgIpc) is 3.20. The Bertz CT molecular complexity index is 1070. The third kappa shape index (κ3) is 2.04. The van der Waals surface area contributed by atoms with E-state index < -0.39 is 0 Å². The SMILES string of the molecule is Cc1cc(-n2ccc3c(N)ncnc32)cc2c1C1(CC1)CC21CCCCC1. The highest BCUT2D eigenvalue weighted by Crippen LogP contribution is 2.66. The Labute approximate surface area is 159 Å². The molecule has 0 saturated heterocycles. The van der Waals surface area contributed by atoms with Crippen molar-refractivity contribution in [2.45, 2.75) is 69.1 Å². The molecule has 2 aromatic heterocycles. The van der Waals surface area contributed by atoms with Gasteiger partial charge in [-0.3, -0.25) is 0 Å². The van der Waals surface area contributed by atoms with Crippen molar-refractivity contribution in [3.8, 4) is 5.69 Å². The van der Waals surface area contributed by atoms with Gasteiger partial charge in [0, 0.05) is 11.9 Å². The van der Waals surface area contributed by atoms with Gasteiger partial charge in [0.25, 0.3) is 0 Å². The highest BCUT2D eigenvalue weighted by atomic mass is 15.1. The van der Waals surface area contributed by atoms with E-state index in [0.29, 0.717) is 16.6 Å². The molecule has 2 saturated carbocycles. The van der Waals surface area contributed by atoms with E-state index in [1.807, 2.05) is 6.07 Å². The molecule has 0 aliphatic heterocycles. The molecule has 4 heteroatoms. The first-order valence-corrected chi connectivity index (χ1v) is 10.4. The van der Waals surface area contributed by atoms with Gasteiger partial charge in [0.05, 0.1) is 5.39 Å². The molecule has 0 unspecified atom stereocenters. The van der Waals surface area contributed by atoms with Gasteiger partial charge in [0.15, 0.2) is 0 Å². The summed E-state index contributed by atoms with van der Waals surface area (Å²) in [6.45, 7) is 2.32. The van der Waals surface area contributed by atoms with E-state index in [0.717, 1.165) is 11.0 Å². The Morgan fingerprint density at radius 2 is 1.81 bits per heavy atom. The van der Waals surface area contributed by atoms with Gasteiger partial charge >= 0.3 is 0 Å². The number of aromatic nitrogens is 3. The van der Waals surface area contributed by atoms with Crippen LogP contribution in [-0.4, -0.2) is 14.5 Å². The van der Waals surface area contributed by atoms with Crippen LogP contribution in [0.1, 0.15) is 68.1 Å². The predicted octanol–water partition coefficient (Wildman–Crippen LogP) is 4.95. The fourth-order valence-corrected chi connectivity index (χ4v) is 6.29. The van der Waals surface area contributed by atoms with Gasteiger partial charge in [-0.2, -0.15) is 0 Å². The van der Waals surface area contributed by atoms with Gasteiger partial charge < -0.3 is 10.3 Å². The normalized spacial score (nSPS) is 21.8. The van der Waals surface area contributed by atoms with Crippen molar-refractivity contribution in [3.05, 3.63) is 47.4 Å². The molecule has 138 valence electrons. The fraction of sp³-hybridized carbons (Fsp3) is 0.478. The lowest BCUT2D eigenvalue weighted by molar-refractivity contribution is 0.275. The minimum absolute atomic E-state index is 0.418. The summed E-state index contributed by atoms with van der Waals surface area (Å²) in [7, 11) is 0. The quantitative estimate of drug-likeness (QED) is 0.670. The van der Waals surface area contributed by atoms with Crippen LogP contribution in [0.2, 0.25) is 0 Å². The number of rotatable bonds is 1. The highest BCUT2D eigenvalue weighted by molar-refractivity contribution is 5.87. The highest BCUT2D eigenvalue weighted by Gasteiger charge is 2.58. The van der Waals surface area contributed by atoms with Crippen LogP contribution >= 0.6 is 0 Å². The van der Waals surface area contributed by atoms with Crippen molar-refractivity contribution < 1.29 is 0 Å². The minimum atomic E-state index is 0.418. The first-order chi connectivity index (χ1) is 13.1. The third-order valence-corrected chi connectivity index (χ3v) is 7.55. The second-order valence-corrected chi connectivity index (χ2v) is 9.17. The maximum Gasteiger partial charge on any atom is 0.150 e. The largest absolute Gasteiger partial charge is 0.383 e. The van der Waals surface area contributed by atoms with Gasteiger partial charge in [0.2, 0.25) is 0 Å². The minimum Gasteiger partial charge on any atom is -0.383 e. The summed E-state index contributed by atoms with van der Waals surface area (Å²) in [5.74, 6) is 0.553. The Hall–Kier alpha value is -2.36. The zero-order chi connectivity index (χ0) is 18.2. The number of benzene rings is 1. The molecule has 0 radical (unpaired) electrons. The lowest BCUT2D eigenvalue weighted by Crippen LogP contribution is -2.27. The third-order valence-electron chi connectivity index (χ3n) is 7.55. The molecule has 2 fully saturated rings. The number of aryl methyl sites for hydroxylation is 1. The molecule has 6 rings (SSSR count). The zero-order valence-electron chi connectivity index (χ0n) is 16.0. The molecule has 2 N–H and O–H groups in total. The van der Waals surface area contributed by atoms with Crippen LogP contribution in [-0.2, 0) is 10.8 Å². The van der Waals surface area contributed by atoms with Gasteiger partial charge in [-0.15, -0.1) is 0 Å². The van der Waals surface area contributed by atoms with E-state index in [1.165, 1.54) is 62.6 Å². The van der Waals surface area contributed by atoms with Gasteiger partial charge in [-0.05, 0) is 84.7 Å². The van der Waals surface area contributed by atoms with E-state index in [9.17, 15) is 0 Å². The van der Waals surface area contributed by atoms with Gasteiger partial charge in [0.1, 0.15) is 17.8 Å². The Morgan fingerprint density at radius 3 is 2.59 bits per heavy atom. The maximum absolute atomic E-state index is 6.06. The first kappa shape index (κ1) is 15.7. The first-order valence-electron chi connectivity index (χ1n) is 10.4. The average molecular weight is 358 g/mol. The van der Waals surface area contributed by atoms with E-state index in [1.54, 1.807) is 17.5 Å². The Morgan fingerprint density at radius 1 is 1.00 bits per heavy atom. The van der Waals surface area contributed by atoms with E-state index in [4.69, 9.17) is 5.73 Å². The lowest BCUT2D eigenvalue weighted by Gasteiger charge is -2.35. The summed E-state index contributed by atoms with van der Waals surface area (Å²) in [6.07, 6.45) is 14.7. The van der Waals surface area contributed by atoms with Crippen molar-refractivity contribution >= 4 is 16.9 Å². The molecule has 2 spiro atoms. The number of nitrogens with zero attached hydrogens (tertiary/aromatic N) is 3. The molecule has 1 aromatic carbocycles.